The number of carbonyl (C=O) groups is 1. The number of para-hydroxylation sites is 1. The standard InChI is InChI=1S/C20H23N5O2S/c1-27-19-6-3-2-5-16(19)17-11-18(23-22-17)20(26)25-8-4-7-24(9-10-25)12-15-13-28-14-21-15/h2-3,5-6,11,13-14H,4,7-10,12H2,1H3,(H,22,23). The summed E-state index contributed by atoms with van der Waals surface area (Å²) in [5.74, 6) is 0.726. The van der Waals surface area contributed by atoms with Gasteiger partial charge in [0.05, 0.1) is 24.0 Å². The molecule has 0 radical (unpaired) electrons. The Hall–Kier alpha value is -2.71. The summed E-state index contributed by atoms with van der Waals surface area (Å²) in [6.45, 7) is 4.10. The third-order valence-corrected chi connectivity index (χ3v) is 5.57. The molecule has 4 rings (SSSR count). The summed E-state index contributed by atoms with van der Waals surface area (Å²) in [7, 11) is 1.63. The Morgan fingerprint density at radius 1 is 1.25 bits per heavy atom. The number of aromatic amines is 1. The predicted molar refractivity (Wildman–Crippen MR) is 108 cm³/mol. The monoisotopic (exact) mass is 397 g/mol. The van der Waals surface area contributed by atoms with Gasteiger partial charge in [0, 0.05) is 43.7 Å². The number of benzene rings is 1. The molecule has 1 saturated heterocycles. The van der Waals surface area contributed by atoms with E-state index < -0.39 is 0 Å². The third kappa shape index (κ3) is 4.07. The lowest BCUT2D eigenvalue weighted by molar-refractivity contribution is 0.0755. The lowest BCUT2D eigenvalue weighted by Crippen LogP contribution is -2.35. The zero-order valence-corrected chi connectivity index (χ0v) is 16.6. The number of hydrogen-bond donors (Lipinski definition) is 1. The van der Waals surface area contributed by atoms with E-state index >= 15 is 0 Å². The number of ether oxygens (including phenoxy) is 1. The number of aromatic nitrogens is 3. The minimum absolute atomic E-state index is 0.0100. The zero-order valence-electron chi connectivity index (χ0n) is 15.8. The Balaban J connectivity index is 1.43. The van der Waals surface area contributed by atoms with Gasteiger partial charge in [-0.15, -0.1) is 11.3 Å². The van der Waals surface area contributed by atoms with Crippen LogP contribution < -0.4 is 4.74 Å². The van der Waals surface area contributed by atoms with Gasteiger partial charge in [-0.3, -0.25) is 14.8 Å². The molecule has 28 heavy (non-hydrogen) atoms. The quantitative estimate of drug-likeness (QED) is 0.717. The highest BCUT2D eigenvalue weighted by molar-refractivity contribution is 7.07. The summed E-state index contributed by atoms with van der Waals surface area (Å²) in [6.07, 6.45) is 0.948. The Labute approximate surface area is 168 Å². The van der Waals surface area contributed by atoms with Gasteiger partial charge >= 0.3 is 0 Å². The third-order valence-electron chi connectivity index (χ3n) is 4.94. The Bertz CT molecular complexity index is 924. The second-order valence-electron chi connectivity index (χ2n) is 6.77. The van der Waals surface area contributed by atoms with Gasteiger partial charge in [0.1, 0.15) is 11.4 Å². The normalized spacial score (nSPS) is 15.4. The molecule has 0 saturated carbocycles. The van der Waals surface area contributed by atoms with E-state index in [1.807, 2.05) is 34.7 Å². The highest BCUT2D eigenvalue weighted by Gasteiger charge is 2.22. The first-order chi connectivity index (χ1) is 13.7. The summed E-state index contributed by atoms with van der Waals surface area (Å²) in [4.78, 5) is 21.6. The van der Waals surface area contributed by atoms with Gasteiger partial charge in [-0.05, 0) is 24.6 Å². The molecule has 146 valence electrons. The minimum Gasteiger partial charge on any atom is -0.496 e. The maximum atomic E-state index is 13.0. The van der Waals surface area contributed by atoms with Gasteiger partial charge in [-0.2, -0.15) is 5.10 Å². The van der Waals surface area contributed by atoms with E-state index in [0.717, 1.165) is 49.6 Å². The molecular formula is C20H23N5O2S. The lowest BCUT2D eigenvalue weighted by atomic mass is 10.1. The SMILES string of the molecule is COc1ccccc1-c1cc(C(=O)N2CCCN(Cc3cscn3)CC2)[nH]n1. The van der Waals surface area contributed by atoms with Crippen molar-refractivity contribution in [2.24, 2.45) is 0 Å². The first-order valence-corrected chi connectivity index (χ1v) is 10.3. The molecule has 8 heteroatoms. The van der Waals surface area contributed by atoms with Crippen LogP contribution in [-0.2, 0) is 6.54 Å². The van der Waals surface area contributed by atoms with Crippen molar-refractivity contribution in [1.82, 2.24) is 25.0 Å². The van der Waals surface area contributed by atoms with Crippen LogP contribution in [0, 0.1) is 0 Å². The van der Waals surface area contributed by atoms with Crippen LogP contribution in [0.15, 0.2) is 41.2 Å². The first kappa shape index (κ1) is 18.6. The fourth-order valence-corrected chi connectivity index (χ4v) is 4.02. The second-order valence-corrected chi connectivity index (χ2v) is 7.49. The van der Waals surface area contributed by atoms with Crippen LogP contribution in [0.3, 0.4) is 0 Å². The van der Waals surface area contributed by atoms with Crippen molar-refractivity contribution in [2.45, 2.75) is 13.0 Å². The van der Waals surface area contributed by atoms with Crippen LogP contribution in [0.4, 0.5) is 0 Å². The first-order valence-electron chi connectivity index (χ1n) is 9.32. The van der Waals surface area contributed by atoms with Crippen LogP contribution >= 0.6 is 11.3 Å². The summed E-state index contributed by atoms with van der Waals surface area (Å²) < 4.78 is 5.40. The summed E-state index contributed by atoms with van der Waals surface area (Å²) in [5, 5.41) is 9.31. The largest absolute Gasteiger partial charge is 0.496 e. The number of nitrogens with one attached hydrogen (secondary N) is 1. The Kier molecular flexibility index (Phi) is 5.68. The molecule has 3 aromatic rings. The highest BCUT2D eigenvalue weighted by atomic mass is 32.1. The maximum Gasteiger partial charge on any atom is 0.271 e. The van der Waals surface area contributed by atoms with Gasteiger partial charge in [0.2, 0.25) is 0 Å². The van der Waals surface area contributed by atoms with Crippen LogP contribution in [0.5, 0.6) is 5.75 Å². The molecule has 0 unspecified atom stereocenters. The minimum atomic E-state index is -0.0100. The van der Waals surface area contributed by atoms with Crippen molar-refractivity contribution in [3.05, 3.63) is 52.6 Å². The molecule has 0 atom stereocenters. The number of amides is 1. The van der Waals surface area contributed by atoms with Crippen molar-refractivity contribution >= 4 is 17.2 Å². The molecule has 1 aliphatic heterocycles. The summed E-state index contributed by atoms with van der Waals surface area (Å²) in [5.41, 5.74) is 5.04. The molecule has 3 heterocycles. The second kappa shape index (κ2) is 8.53. The van der Waals surface area contributed by atoms with E-state index in [-0.39, 0.29) is 5.91 Å². The van der Waals surface area contributed by atoms with Gasteiger partial charge in [0.15, 0.2) is 0 Å². The smallest absolute Gasteiger partial charge is 0.271 e. The molecule has 1 amide bonds. The molecule has 1 aliphatic rings. The average molecular weight is 398 g/mol. The fraction of sp³-hybridized carbons (Fsp3) is 0.350. The molecule has 1 fully saturated rings. The summed E-state index contributed by atoms with van der Waals surface area (Å²) >= 11 is 1.62. The van der Waals surface area contributed by atoms with E-state index in [0.29, 0.717) is 17.9 Å². The van der Waals surface area contributed by atoms with E-state index in [9.17, 15) is 4.79 Å². The number of carbonyl (C=O) groups excluding carboxylic acids is 1. The van der Waals surface area contributed by atoms with E-state index in [4.69, 9.17) is 4.74 Å². The van der Waals surface area contributed by atoms with Crippen molar-refractivity contribution in [3.63, 3.8) is 0 Å². The van der Waals surface area contributed by atoms with Gasteiger partial charge < -0.3 is 9.64 Å². The van der Waals surface area contributed by atoms with Crippen molar-refractivity contribution in [2.75, 3.05) is 33.3 Å². The van der Waals surface area contributed by atoms with Crippen molar-refractivity contribution < 1.29 is 9.53 Å². The molecule has 7 nitrogen and oxygen atoms in total. The molecule has 0 aliphatic carbocycles. The fourth-order valence-electron chi connectivity index (χ4n) is 3.47. The van der Waals surface area contributed by atoms with Crippen molar-refractivity contribution in [1.29, 1.82) is 0 Å². The van der Waals surface area contributed by atoms with Gasteiger partial charge in [0.25, 0.3) is 5.91 Å². The van der Waals surface area contributed by atoms with Gasteiger partial charge in [-0.1, -0.05) is 12.1 Å². The lowest BCUT2D eigenvalue weighted by Gasteiger charge is -2.21. The van der Waals surface area contributed by atoms with Gasteiger partial charge in [-0.25, -0.2) is 4.98 Å². The molecular weight excluding hydrogens is 374 g/mol. The predicted octanol–water partition coefficient (Wildman–Crippen LogP) is 2.89. The zero-order chi connectivity index (χ0) is 19.3. The highest BCUT2D eigenvalue weighted by Crippen LogP contribution is 2.28. The molecule has 2 aromatic heterocycles. The number of H-pyrrole nitrogens is 1. The summed E-state index contributed by atoms with van der Waals surface area (Å²) in [6, 6.07) is 9.47. The molecule has 1 aromatic carbocycles. The van der Waals surface area contributed by atoms with Crippen LogP contribution in [-0.4, -0.2) is 64.2 Å². The van der Waals surface area contributed by atoms with E-state index in [1.54, 1.807) is 24.5 Å². The van der Waals surface area contributed by atoms with E-state index in [2.05, 4.69) is 25.5 Å². The number of hydrogen-bond acceptors (Lipinski definition) is 6. The number of rotatable bonds is 5. The number of thiazole rings is 1. The van der Waals surface area contributed by atoms with Crippen molar-refractivity contribution in [3.8, 4) is 17.0 Å². The average Bonchev–Trinajstić information content (AvgIpc) is 3.36. The Morgan fingerprint density at radius 3 is 2.96 bits per heavy atom. The van der Waals surface area contributed by atoms with Crippen LogP contribution in [0.25, 0.3) is 11.3 Å². The Morgan fingerprint density at radius 2 is 2.14 bits per heavy atom. The molecule has 1 N–H and O–H groups in total. The maximum absolute atomic E-state index is 13.0. The van der Waals surface area contributed by atoms with Crippen LogP contribution in [0.2, 0.25) is 0 Å². The van der Waals surface area contributed by atoms with E-state index in [1.165, 1.54) is 0 Å². The van der Waals surface area contributed by atoms with Crippen LogP contribution in [0.1, 0.15) is 22.6 Å². The topological polar surface area (TPSA) is 74.3 Å². The molecule has 0 bridgehead atoms. The number of nitrogens with zero attached hydrogens (tertiary/aromatic N) is 4. The molecule has 0 spiro atoms. The number of methoxy groups -OCH3 is 1.